The monoisotopic (exact) mass is 298 g/mol. The number of pyridine rings is 1. The van der Waals surface area contributed by atoms with Crippen LogP contribution in [0.25, 0.3) is 11.1 Å². The number of H-pyrrole nitrogens is 1. The number of nitrogens with one attached hydrogen (secondary N) is 1. The van der Waals surface area contributed by atoms with Gasteiger partial charge in [-0.1, -0.05) is 44.2 Å². The number of nitrogens with zero attached hydrogens (tertiary/aromatic N) is 1. The van der Waals surface area contributed by atoms with Crippen LogP contribution in [0.4, 0.5) is 0 Å². The first-order valence-corrected chi connectivity index (χ1v) is 7.74. The van der Waals surface area contributed by atoms with Crippen molar-refractivity contribution in [1.29, 1.82) is 0 Å². The zero-order valence-corrected chi connectivity index (χ0v) is 13.1. The molecule has 1 heterocycles. The molecule has 0 aliphatic heterocycles. The highest BCUT2D eigenvalue weighted by molar-refractivity contribution is 5.95. The van der Waals surface area contributed by atoms with Crippen molar-refractivity contribution in [3.63, 3.8) is 0 Å². The van der Waals surface area contributed by atoms with Gasteiger partial charge in [-0.3, -0.25) is 9.59 Å². The normalized spacial score (nSPS) is 10.5. The van der Waals surface area contributed by atoms with Gasteiger partial charge in [0.05, 0.1) is 5.56 Å². The number of aromatic amines is 1. The van der Waals surface area contributed by atoms with E-state index >= 15 is 0 Å². The summed E-state index contributed by atoms with van der Waals surface area (Å²) >= 11 is 0. The number of carbonyl (C=O) groups excluding carboxylic acids is 1. The van der Waals surface area contributed by atoms with Gasteiger partial charge in [-0.2, -0.15) is 0 Å². The molecule has 1 N–H and O–H groups in total. The molecule has 0 bridgehead atoms. The summed E-state index contributed by atoms with van der Waals surface area (Å²) in [5, 5.41) is 0. The molecule has 2 aromatic rings. The van der Waals surface area contributed by atoms with Gasteiger partial charge < -0.3 is 9.88 Å². The minimum absolute atomic E-state index is 0.0304. The van der Waals surface area contributed by atoms with Crippen molar-refractivity contribution < 1.29 is 4.79 Å². The second-order valence-electron chi connectivity index (χ2n) is 5.29. The number of rotatable bonds is 6. The predicted octanol–water partition coefficient (Wildman–Crippen LogP) is 3.30. The van der Waals surface area contributed by atoms with Gasteiger partial charge in [0.1, 0.15) is 0 Å². The van der Waals surface area contributed by atoms with Crippen LogP contribution in [0.3, 0.4) is 0 Å². The molecular formula is C18H22N2O2. The zero-order chi connectivity index (χ0) is 15.9. The summed E-state index contributed by atoms with van der Waals surface area (Å²) < 4.78 is 0. The van der Waals surface area contributed by atoms with Gasteiger partial charge >= 0.3 is 0 Å². The molecule has 0 unspecified atom stereocenters. The van der Waals surface area contributed by atoms with Crippen molar-refractivity contribution in [1.82, 2.24) is 9.88 Å². The Balaban J connectivity index is 2.37. The molecule has 0 radical (unpaired) electrons. The lowest BCUT2D eigenvalue weighted by atomic mass is 10.1. The molecule has 4 heteroatoms. The Kier molecular flexibility index (Phi) is 5.53. The Morgan fingerprint density at radius 1 is 1.09 bits per heavy atom. The van der Waals surface area contributed by atoms with Crippen LogP contribution in [0.15, 0.2) is 47.4 Å². The fourth-order valence-electron chi connectivity index (χ4n) is 2.48. The Labute approximate surface area is 130 Å². The minimum atomic E-state index is -0.180. The first-order valence-electron chi connectivity index (χ1n) is 7.74. The maximum Gasteiger partial charge on any atom is 0.255 e. The molecule has 0 fully saturated rings. The number of benzene rings is 1. The van der Waals surface area contributed by atoms with Crippen molar-refractivity contribution >= 4 is 5.91 Å². The van der Waals surface area contributed by atoms with Gasteiger partial charge in [-0.15, -0.1) is 0 Å². The molecular weight excluding hydrogens is 276 g/mol. The molecule has 2 rings (SSSR count). The summed E-state index contributed by atoms with van der Waals surface area (Å²) in [6.07, 6.45) is 3.34. The number of aromatic nitrogens is 1. The van der Waals surface area contributed by atoms with E-state index in [1.165, 1.54) is 6.20 Å². The SMILES string of the molecule is CCCN(CCC)C(=O)c1c[nH]c(=O)c(-c2ccccc2)c1. The number of amides is 1. The summed E-state index contributed by atoms with van der Waals surface area (Å²) in [5.41, 5.74) is 1.69. The van der Waals surface area contributed by atoms with Crippen molar-refractivity contribution in [2.75, 3.05) is 13.1 Å². The smallest absolute Gasteiger partial charge is 0.255 e. The predicted molar refractivity (Wildman–Crippen MR) is 89.0 cm³/mol. The van der Waals surface area contributed by atoms with Crippen LogP contribution in [0.5, 0.6) is 0 Å². The lowest BCUT2D eigenvalue weighted by Crippen LogP contribution is -2.33. The molecule has 1 amide bonds. The molecule has 22 heavy (non-hydrogen) atoms. The van der Waals surface area contributed by atoms with E-state index in [4.69, 9.17) is 0 Å². The van der Waals surface area contributed by atoms with E-state index in [1.54, 1.807) is 6.07 Å². The van der Waals surface area contributed by atoms with Crippen LogP contribution in [0, 0.1) is 0 Å². The van der Waals surface area contributed by atoms with Gasteiger partial charge in [0.2, 0.25) is 0 Å². The van der Waals surface area contributed by atoms with Crippen LogP contribution in [-0.4, -0.2) is 28.9 Å². The number of hydrogen-bond acceptors (Lipinski definition) is 2. The topological polar surface area (TPSA) is 53.2 Å². The summed E-state index contributed by atoms with van der Waals surface area (Å²) in [4.78, 5) is 29.2. The van der Waals surface area contributed by atoms with E-state index < -0.39 is 0 Å². The van der Waals surface area contributed by atoms with Crippen LogP contribution >= 0.6 is 0 Å². The summed E-state index contributed by atoms with van der Waals surface area (Å²) in [6, 6.07) is 11.1. The Morgan fingerprint density at radius 2 is 1.73 bits per heavy atom. The molecule has 0 aliphatic rings. The van der Waals surface area contributed by atoms with Crippen molar-refractivity contribution in [2.24, 2.45) is 0 Å². The molecule has 0 saturated heterocycles. The third kappa shape index (κ3) is 3.64. The largest absolute Gasteiger partial charge is 0.339 e. The van der Waals surface area contributed by atoms with Crippen molar-refractivity contribution in [3.05, 3.63) is 58.5 Å². The summed E-state index contributed by atoms with van der Waals surface area (Å²) in [7, 11) is 0. The number of hydrogen-bond donors (Lipinski definition) is 1. The maximum absolute atomic E-state index is 12.6. The fourth-order valence-corrected chi connectivity index (χ4v) is 2.48. The third-order valence-corrected chi connectivity index (χ3v) is 3.51. The molecule has 4 nitrogen and oxygen atoms in total. The molecule has 0 saturated carbocycles. The van der Waals surface area contributed by atoms with E-state index in [2.05, 4.69) is 18.8 Å². The Bertz CT molecular complexity index is 671. The maximum atomic E-state index is 12.6. The lowest BCUT2D eigenvalue weighted by Gasteiger charge is -2.21. The van der Waals surface area contributed by atoms with Gasteiger partial charge in [0, 0.05) is 24.8 Å². The zero-order valence-electron chi connectivity index (χ0n) is 13.1. The van der Waals surface area contributed by atoms with Crippen LogP contribution < -0.4 is 5.56 Å². The van der Waals surface area contributed by atoms with Crippen molar-refractivity contribution in [2.45, 2.75) is 26.7 Å². The van der Waals surface area contributed by atoms with Gasteiger partial charge in [0.15, 0.2) is 0 Å². The van der Waals surface area contributed by atoms with E-state index in [0.717, 1.165) is 31.5 Å². The van der Waals surface area contributed by atoms with Crippen molar-refractivity contribution in [3.8, 4) is 11.1 Å². The molecule has 116 valence electrons. The molecule has 0 spiro atoms. The van der Waals surface area contributed by atoms with E-state index in [-0.39, 0.29) is 11.5 Å². The molecule has 1 aromatic heterocycles. The quantitative estimate of drug-likeness (QED) is 0.889. The average Bonchev–Trinajstić information content (AvgIpc) is 2.55. The molecule has 0 aliphatic carbocycles. The van der Waals surface area contributed by atoms with E-state index in [0.29, 0.717) is 11.1 Å². The minimum Gasteiger partial charge on any atom is -0.339 e. The third-order valence-electron chi connectivity index (χ3n) is 3.51. The first-order chi connectivity index (χ1) is 10.7. The Hall–Kier alpha value is -2.36. The van der Waals surface area contributed by atoms with Gasteiger partial charge in [0.25, 0.3) is 11.5 Å². The second-order valence-corrected chi connectivity index (χ2v) is 5.29. The van der Waals surface area contributed by atoms with Crippen LogP contribution in [0.1, 0.15) is 37.0 Å². The lowest BCUT2D eigenvalue weighted by molar-refractivity contribution is 0.0755. The number of carbonyl (C=O) groups is 1. The van der Waals surface area contributed by atoms with Crippen LogP contribution in [-0.2, 0) is 0 Å². The highest BCUT2D eigenvalue weighted by Crippen LogP contribution is 2.16. The van der Waals surface area contributed by atoms with Crippen LogP contribution in [0.2, 0.25) is 0 Å². The summed E-state index contributed by atoms with van der Waals surface area (Å²) in [5.74, 6) is -0.0304. The molecule has 0 atom stereocenters. The van der Waals surface area contributed by atoms with Gasteiger partial charge in [-0.25, -0.2) is 0 Å². The molecule has 1 aromatic carbocycles. The summed E-state index contributed by atoms with van der Waals surface area (Å²) in [6.45, 7) is 5.56. The standard InChI is InChI=1S/C18H22N2O2/c1-3-10-20(11-4-2)18(22)15-12-16(17(21)19-13-15)14-8-6-5-7-9-14/h5-9,12-13H,3-4,10-11H2,1-2H3,(H,19,21). The second kappa shape index (κ2) is 7.59. The first kappa shape index (κ1) is 16.0. The van der Waals surface area contributed by atoms with E-state index in [9.17, 15) is 9.59 Å². The van der Waals surface area contributed by atoms with E-state index in [1.807, 2.05) is 35.2 Å². The van der Waals surface area contributed by atoms with Gasteiger partial charge in [-0.05, 0) is 24.5 Å². The average molecular weight is 298 g/mol. The Morgan fingerprint density at radius 3 is 2.32 bits per heavy atom. The highest BCUT2D eigenvalue weighted by atomic mass is 16.2. The fraction of sp³-hybridized carbons (Fsp3) is 0.333. The highest BCUT2D eigenvalue weighted by Gasteiger charge is 2.16.